The van der Waals surface area contributed by atoms with E-state index in [0.717, 1.165) is 43.0 Å². The molecule has 2 heterocycles. The number of aryl methyl sites for hydroxylation is 1. The van der Waals surface area contributed by atoms with Gasteiger partial charge in [-0.2, -0.15) is 0 Å². The Morgan fingerprint density at radius 1 is 1.21 bits per heavy atom. The molecule has 0 radical (unpaired) electrons. The second-order valence-electron chi connectivity index (χ2n) is 6.82. The molecule has 0 spiro atoms. The van der Waals surface area contributed by atoms with Crippen LogP contribution in [0.25, 0.3) is 0 Å². The summed E-state index contributed by atoms with van der Waals surface area (Å²) in [6.45, 7) is 3.83. The van der Waals surface area contributed by atoms with E-state index in [2.05, 4.69) is 19.7 Å². The van der Waals surface area contributed by atoms with Gasteiger partial charge in [0.15, 0.2) is 0 Å². The highest BCUT2D eigenvalue weighted by atomic mass is 16.6. The molecule has 1 aromatic carbocycles. The molecule has 0 unspecified atom stereocenters. The SMILES string of the molecule is Cc1cc([N+](=O)[O-])ccc1N1CCC(c2nncn2C2CC2)CC1. The van der Waals surface area contributed by atoms with Crippen LogP contribution in [0.4, 0.5) is 11.4 Å². The predicted molar refractivity (Wildman–Crippen MR) is 90.3 cm³/mol. The molecule has 1 saturated heterocycles. The molecular formula is C17H21N5O2. The summed E-state index contributed by atoms with van der Waals surface area (Å²) >= 11 is 0. The van der Waals surface area contributed by atoms with E-state index >= 15 is 0 Å². The van der Waals surface area contributed by atoms with Gasteiger partial charge >= 0.3 is 0 Å². The van der Waals surface area contributed by atoms with Crippen LogP contribution in [0.2, 0.25) is 0 Å². The summed E-state index contributed by atoms with van der Waals surface area (Å²) in [5, 5.41) is 19.4. The van der Waals surface area contributed by atoms with Crippen LogP contribution >= 0.6 is 0 Å². The third kappa shape index (κ3) is 2.74. The van der Waals surface area contributed by atoms with E-state index in [9.17, 15) is 10.1 Å². The molecule has 1 aliphatic carbocycles. The minimum absolute atomic E-state index is 0.156. The van der Waals surface area contributed by atoms with Crippen LogP contribution in [0.1, 0.15) is 49.0 Å². The Morgan fingerprint density at radius 2 is 1.96 bits per heavy atom. The number of benzene rings is 1. The lowest BCUT2D eigenvalue weighted by molar-refractivity contribution is -0.384. The molecule has 1 aromatic heterocycles. The summed E-state index contributed by atoms with van der Waals surface area (Å²) in [6, 6.07) is 5.74. The highest BCUT2D eigenvalue weighted by Crippen LogP contribution is 2.39. The van der Waals surface area contributed by atoms with Gasteiger partial charge in [0, 0.05) is 42.9 Å². The topological polar surface area (TPSA) is 77.1 Å². The summed E-state index contributed by atoms with van der Waals surface area (Å²) < 4.78 is 2.26. The van der Waals surface area contributed by atoms with Gasteiger partial charge in [-0.05, 0) is 44.2 Å². The van der Waals surface area contributed by atoms with Gasteiger partial charge in [0.2, 0.25) is 0 Å². The normalized spacial score (nSPS) is 18.8. The maximum absolute atomic E-state index is 10.9. The summed E-state index contributed by atoms with van der Waals surface area (Å²) in [6.07, 6.45) is 6.45. The minimum Gasteiger partial charge on any atom is -0.371 e. The first-order valence-corrected chi connectivity index (χ1v) is 8.53. The van der Waals surface area contributed by atoms with Gasteiger partial charge in [-0.25, -0.2) is 0 Å². The van der Waals surface area contributed by atoms with Gasteiger partial charge in [0.05, 0.1) is 4.92 Å². The number of anilines is 1. The van der Waals surface area contributed by atoms with Crippen LogP contribution in [0.15, 0.2) is 24.5 Å². The second kappa shape index (κ2) is 5.89. The molecule has 1 saturated carbocycles. The van der Waals surface area contributed by atoms with Gasteiger partial charge in [-0.1, -0.05) is 0 Å². The first kappa shape index (κ1) is 15.1. The number of hydrogen-bond acceptors (Lipinski definition) is 5. The molecule has 4 rings (SSSR count). The van der Waals surface area contributed by atoms with Crippen LogP contribution in [-0.4, -0.2) is 32.8 Å². The fourth-order valence-electron chi connectivity index (χ4n) is 3.66. The van der Waals surface area contributed by atoms with E-state index in [1.54, 1.807) is 12.1 Å². The number of rotatable bonds is 4. The lowest BCUT2D eigenvalue weighted by Gasteiger charge is -2.34. The number of nitro groups is 1. The molecule has 1 aliphatic heterocycles. The van der Waals surface area contributed by atoms with E-state index in [0.29, 0.717) is 12.0 Å². The Balaban J connectivity index is 1.46. The number of nitrogens with zero attached hydrogens (tertiary/aromatic N) is 5. The zero-order valence-corrected chi connectivity index (χ0v) is 13.8. The molecule has 7 nitrogen and oxygen atoms in total. The van der Waals surface area contributed by atoms with Gasteiger partial charge in [-0.3, -0.25) is 10.1 Å². The molecule has 7 heteroatoms. The molecule has 2 fully saturated rings. The third-order valence-electron chi connectivity index (χ3n) is 5.13. The summed E-state index contributed by atoms with van der Waals surface area (Å²) in [4.78, 5) is 12.9. The van der Waals surface area contributed by atoms with Crippen molar-refractivity contribution in [3.63, 3.8) is 0 Å². The Hall–Kier alpha value is -2.44. The Labute approximate surface area is 140 Å². The molecule has 2 aromatic rings. The monoisotopic (exact) mass is 327 g/mol. The fourth-order valence-corrected chi connectivity index (χ4v) is 3.66. The largest absolute Gasteiger partial charge is 0.371 e. The van der Waals surface area contributed by atoms with Gasteiger partial charge < -0.3 is 9.47 Å². The highest BCUT2D eigenvalue weighted by Gasteiger charge is 2.31. The quantitative estimate of drug-likeness (QED) is 0.636. The number of non-ortho nitro benzene ring substituents is 1. The molecule has 0 atom stereocenters. The van der Waals surface area contributed by atoms with Gasteiger partial charge in [0.25, 0.3) is 5.69 Å². The van der Waals surface area contributed by atoms with E-state index in [1.807, 2.05) is 19.3 Å². The molecule has 126 valence electrons. The van der Waals surface area contributed by atoms with Crippen molar-refractivity contribution in [3.8, 4) is 0 Å². The smallest absolute Gasteiger partial charge is 0.269 e. The van der Waals surface area contributed by atoms with E-state index < -0.39 is 0 Å². The average Bonchev–Trinajstić information content (AvgIpc) is 3.32. The van der Waals surface area contributed by atoms with Crippen LogP contribution < -0.4 is 4.90 Å². The second-order valence-corrected chi connectivity index (χ2v) is 6.82. The standard InChI is InChI=1S/C17H21N5O2/c1-12-10-15(22(23)24)4-5-16(12)20-8-6-13(7-9-20)17-19-18-11-21(17)14-2-3-14/h4-5,10-11,13-14H,2-3,6-9H2,1H3. The van der Waals surface area contributed by atoms with Crippen molar-refractivity contribution in [2.24, 2.45) is 0 Å². The fraction of sp³-hybridized carbons (Fsp3) is 0.529. The molecule has 0 N–H and O–H groups in total. The van der Waals surface area contributed by atoms with Gasteiger partial charge in [0.1, 0.15) is 12.2 Å². The molecule has 0 amide bonds. The number of aromatic nitrogens is 3. The summed E-state index contributed by atoms with van der Waals surface area (Å²) in [5.74, 6) is 1.60. The molecule has 2 aliphatic rings. The molecule has 24 heavy (non-hydrogen) atoms. The van der Waals surface area contributed by atoms with E-state index in [1.165, 1.54) is 12.8 Å². The van der Waals surface area contributed by atoms with Crippen LogP contribution in [0, 0.1) is 17.0 Å². The van der Waals surface area contributed by atoms with Crippen molar-refractivity contribution in [2.75, 3.05) is 18.0 Å². The number of hydrogen-bond donors (Lipinski definition) is 0. The summed E-state index contributed by atoms with van der Waals surface area (Å²) in [5.41, 5.74) is 2.22. The van der Waals surface area contributed by atoms with Crippen molar-refractivity contribution in [1.29, 1.82) is 0 Å². The van der Waals surface area contributed by atoms with Crippen molar-refractivity contribution >= 4 is 11.4 Å². The van der Waals surface area contributed by atoms with Crippen LogP contribution in [0.3, 0.4) is 0 Å². The number of nitro benzene ring substituents is 1. The summed E-state index contributed by atoms with van der Waals surface area (Å²) in [7, 11) is 0. The Kier molecular flexibility index (Phi) is 3.70. The third-order valence-corrected chi connectivity index (χ3v) is 5.13. The first-order chi connectivity index (χ1) is 11.6. The zero-order valence-electron chi connectivity index (χ0n) is 13.8. The van der Waals surface area contributed by atoms with E-state index in [4.69, 9.17) is 0 Å². The first-order valence-electron chi connectivity index (χ1n) is 8.53. The lowest BCUT2D eigenvalue weighted by atomic mass is 9.95. The van der Waals surface area contributed by atoms with Crippen molar-refractivity contribution in [3.05, 3.63) is 46.0 Å². The Morgan fingerprint density at radius 3 is 2.58 bits per heavy atom. The molecular weight excluding hydrogens is 306 g/mol. The molecule has 0 bridgehead atoms. The van der Waals surface area contributed by atoms with E-state index in [-0.39, 0.29) is 10.6 Å². The van der Waals surface area contributed by atoms with Gasteiger partial charge in [-0.15, -0.1) is 10.2 Å². The van der Waals surface area contributed by atoms with Crippen molar-refractivity contribution in [1.82, 2.24) is 14.8 Å². The Bertz CT molecular complexity index is 760. The zero-order chi connectivity index (χ0) is 16.7. The average molecular weight is 327 g/mol. The maximum atomic E-state index is 10.9. The van der Waals surface area contributed by atoms with Crippen molar-refractivity contribution < 1.29 is 4.92 Å². The number of piperidine rings is 1. The van der Waals surface area contributed by atoms with Crippen molar-refractivity contribution in [2.45, 2.75) is 44.6 Å². The predicted octanol–water partition coefficient (Wildman–Crippen LogP) is 3.21. The van der Waals surface area contributed by atoms with Crippen LogP contribution in [0.5, 0.6) is 0 Å². The lowest BCUT2D eigenvalue weighted by Crippen LogP contribution is -2.34. The van der Waals surface area contributed by atoms with Crippen LogP contribution in [-0.2, 0) is 0 Å². The highest BCUT2D eigenvalue weighted by molar-refractivity contribution is 5.57. The maximum Gasteiger partial charge on any atom is 0.269 e. The minimum atomic E-state index is -0.340.